The van der Waals surface area contributed by atoms with Gasteiger partial charge in [0.25, 0.3) is 0 Å². The van der Waals surface area contributed by atoms with Crippen LogP contribution in [0, 0.1) is 11.3 Å². The number of nitrogens with two attached hydrogens (primary N) is 1. The Labute approximate surface area is 99.7 Å². The van der Waals surface area contributed by atoms with Gasteiger partial charge < -0.3 is 10.5 Å². The Morgan fingerprint density at radius 3 is 2.50 bits per heavy atom. The first-order valence-corrected chi connectivity index (χ1v) is 4.41. The summed E-state index contributed by atoms with van der Waals surface area (Å²) in [6.07, 6.45) is 0.448. The summed E-state index contributed by atoms with van der Waals surface area (Å²) in [5, 5.41) is 8.56. The lowest BCUT2D eigenvalue weighted by molar-refractivity contribution is 0.347. The van der Waals surface area contributed by atoms with E-state index in [2.05, 4.69) is 0 Å². The molecule has 0 aromatic heterocycles. The topological polar surface area (TPSA) is 59.0 Å². The van der Waals surface area contributed by atoms with Crippen molar-refractivity contribution in [2.45, 2.75) is 0 Å². The minimum Gasteiger partial charge on any atom is -0.489 e. The predicted molar refractivity (Wildman–Crippen MR) is 62.1 cm³/mol. The summed E-state index contributed by atoms with van der Waals surface area (Å²) < 4.78 is 17.4. The van der Waals surface area contributed by atoms with Crippen molar-refractivity contribution in [2.75, 3.05) is 13.2 Å². The second-order valence-corrected chi connectivity index (χ2v) is 2.90. The maximum absolute atomic E-state index is 12.1. The van der Waals surface area contributed by atoms with Crippen molar-refractivity contribution in [2.24, 2.45) is 5.73 Å². The van der Waals surface area contributed by atoms with Crippen molar-refractivity contribution in [1.82, 2.24) is 0 Å². The van der Waals surface area contributed by atoms with Gasteiger partial charge in [-0.05, 0) is 24.3 Å². The third-order valence-corrected chi connectivity index (χ3v) is 1.82. The van der Waals surface area contributed by atoms with Crippen LogP contribution < -0.4 is 10.5 Å². The van der Waals surface area contributed by atoms with E-state index in [4.69, 9.17) is 15.7 Å². The summed E-state index contributed by atoms with van der Waals surface area (Å²) in [7, 11) is 0. The molecule has 0 bridgehead atoms. The number of benzene rings is 1. The van der Waals surface area contributed by atoms with E-state index in [0.29, 0.717) is 23.2 Å². The number of rotatable bonds is 4. The van der Waals surface area contributed by atoms with Crippen molar-refractivity contribution >= 4 is 12.4 Å². The SMILES string of the molecule is Cl.N#Cc1ccc(OCC(=CF)CN)cc1. The molecule has 0 saturated heterocycles. The van der Waals surface area contributed by atoms with Crippen LogP contribution in [0.25, 0.3) is 0 Å². The van der Waals surface area contributed by atoms with Gasteiger partial charge in [0.2, 0.25) is 0 Å². The van der Waals surface area contributed by atoms with Crippen LogP contribution in [-0.2, 0) is 0 Å². The standard InChI is InChI=1S/C11H11FN2O.ClH/c12-5-10(7-14)8-15-11-3-1-9(6-13)2-4-11;/h1-5H,7-8,14H2;1H. The van der Waals surface area contributed by atoms with Gasteiger partial charge in [-0.1, -0.05) is 0 Å². The fourth-order valence-electron chi connectivity index (χ4n) is 0.937. The molecular weight excluding hydrogens is 231 g/mol. The van der Waals surface area contributed by atoms with E-state index in [1.807, 2.05) is 6.07 Å². The average molecular weight is 243 g/mol. The van der Waals surface area contributed by atoms with E-state index in [9.17, 15) is 4.39 Å². The zero-order valence-electron chi connectivity index (χ0n) is 8.52. The lowest BCUT2D eigenvalue weighted by atomic mass is 10.2. The van der Waals surface area contributed by atoms with E-state index < -0.39 is 0 Å². The summed E-state index contributed by atoms with van der Waals surface area (Å²) in [6.45, 7) is 0.256. The number of hydrogen-bond acceptors (Lipinski definition) is 3. The van der Waals surface area contributed by atoms with Gasteiger partial charge in [-0.25, -0.2) is 4.39 Å². The Morgan fingerprint density at radius 2 is 2.06 bits per heavy atom. The zero-order chi connectivity index (χ0) is 11.1. The molecule has 0 unspecified atom stereocenters. The third-order valence-electron chi connectivity index (χ3n) is 1.82. The van der Waals surface area contributed by atoms with Crippen LogP contribution in [-0.4, -0.2) is 13.2 Å². The molecule has 3 nitrogen and oxygen atoms in total. The predicted octanol–water partition coefficient (Wildman–Crippen LogP) is 2.17. The lowest BCUT2D eigenvalue weighted by Crippen LogP contribution is -2.10. The van der Waals surface area contributed by atoms with Crippen LogP contribution in [0.15, 0.2) is 36.2 Å². The van der Waals surface area contributed by atoms with Gasteiger partial charge in [0, 0.05) is 12.1 Å². The highest BCUT2D eigenvalue weighted by molar-refractivity contribution is 5.85. The third kappa shape index (κ3) is 4.30. The molecule has 1 aromatic rings. The summed E-state index contributed by atoms with van der Waals surface area (Å²) in [4.78, 5) is 0. The van der Waals surface area contributed by atoms with E-state index in [0.717, 1.165) is 0 Å². The Morgan fingerprint density at radius 1 is 1.44 bits per heavy atom. The zero-order valence-corrected chi connectivity index (χ0v) is 9.34. The van der Waals surface area contributed by atoms with Gasteiger partial charge in [0.05, 0.1) is 18.0 Å². The minimum absolute atomic E-state index is 0. The monoisotopic (exact) mass is 242 g/mol. The molecule has 0 spiro atoms. The van der Waals surface area contributed by atoms with Gasteiger partial charge in [-0.2, -0.15) is 5.26 Å². The smallest absolute Gasteiger partial charge is 0.119 e. The highest BCUT2D eigenvalue weighted by Gasteiger charge is 1.98. The quantitative estimate of drug-likeness (QED) is 0.880. The number of nitriles is 1. The Hall–Kier alpha value is -1.57. The second-order valence-electron chi connectivity index (χ2n) is 2.90. The average Bonchev–Trinajstić information content (AvgIpc) is 2.31. The second kappa shape index (κ2) is 7.69. The fraction of sp³-hybridized carbons (Fsp3) is 0.182. The van der Waals surface area contributed by atoms with Crippen molar-refractivity contribution < 1.29 is 9.13 Å². The molecule has 2 N–H and O–H groups in total. The van der Waals surface area contributed by atoms with Gasteiger partial charge in [0.15, 0.2) is 0 Å². The molecule has 0 fully saturated rings. The van der Waals surface area contributed by atoms with Crippen LogP contribution in [0.5, 0.6) is 5.75 Å². The normalized spacial score (nSPS) is 10.2. The van der Waals surface area contributed by atoms with Crippen molar-refractivity contribution in [1.29, 1.82) is 5.26 Å². The summed E-state index contributed by atoms with van der Waals surface area (Å²) in [5.41, 5.74) is 6.21. The molecule has 0 aliphatic carbocycles. The van der Waals surface area contributed by atoms with Gasteiger partial charge >= 0.3 is 0 Å². The molecule has 0 heterocycles. The fourth-order valence-corrected chi connectivity index (χ4v) is 0.937. The first-order valence-electron chi connectivity index (χ1n) is 4.41. The van der Waals surface area contributed by atoms with Crippen molar-refractivity contribution in [3.05, 3.63) is 41.7 Å². The highest BCUT2D eigenvalue weighted by atomic mass is 35.5. The number of nitrogens with zero attached hydrogens (tertiary/aromatic N) is 1. The van der Waals surface area contributed by atoms with E-state index >= 15 is 0 Å². The van der Waals surface area contributed by atoms with Gasteiger partial charge in [-0.15, -0.1) is 12.4 Å². The molecule has 1 rings (SSSR count). The maximum atomic E-state index is 12.1. The van der Waals surface area contributed by atoms with Crippen LogP contribution >= 0.6 is 12.4 Å². The van der Waals surface area contributed by atoms with Crippen LogP contribution in [0.3, 0.4) is 0 Å². The maximum Gasteiger partial charge on any atom is 0.119 e. The lowest BCUT2D eigenvalue weighted by Gasteiger charge is -2.06. The molecule has 86 valence electrons. The largest absolute Gasteiger partial charge is 0.489 e. The Kier molecular flexibility index (Phi) is 6.93. The van der Waals surface area contributed by atoms with E-state index in [1.165, 1.54) is 0 Å². The van der Waals surface area contributed by atoms with E-state index in [-0.39, 0.29) is 25.6 Å². The van der Waals surface area contributed by atoms with E-state index in [1.54, 1.807) is 24.3 Å². The summed E-state index contributed by atoms with van der Waals surface area (Å²) >= 11 is 0. The first kappa shape index (κ1) is 14.4. The minimum atomic E-state index is 0. The van der Waals surface area contributed by atoms with Gasteiger partial charge in [-0.3, -0.25) is 0 Å². The summed E-state index contributed by atoms with van der Waals surface area (Å²) in [5.74, 6) is 0.585. The molecule has 16 heavy (non-hydrogen) atoms. The van der Waals surface area contributed by atoms with Crippen LogP contribution in [0.2, 0.25) is 0 Å². The molecule has 0 aliphatic rings. The number of hydrogen-bond donors (Lipinski definition) is 1. The van der Waals surface area contributed by atoms with Crippen molar-refractivity contribution in [3.8, 4) is 11.8 Å². The molecule has 1 aromatic carbocycles. The van der Waals surface area contributed by atoms with Crippen molar-refractivity contribution in [3.63, 3.8) is 0 Å². The number of ether oxygens (including phenoxy) is 1. The Bertz CT molecular complexity index is 384. The molecule has 0 aliphatic heterocycles. The molecule has 0 saturated carbocycles. The molecule has 0 radical (unpaired) electrons. The van der Waals surface area contributed by atoms with Gasteiger partial charge in [0.1, 0.15) is 12.4 Å². The summed E-state index contributed by atoms with van der Waals surface area (Å²) in [6, 6.07) is 8.58. The Balaban J connectivity index is 0.00000225. The molecular formula is C11H12ClFN2O. The van der Waals surface area contributed by atoms with Crippen LogP contribution in [0.4, 0.5) is 4.39 Å². The van der Waals surface area contributed by atoms with Crippen LogP contribution in [0.1, 0.15) is 5.56 Å². The number of halogens is 2. The molecule has 0 atom stereocenters. The molecule has 5 heteroatoms. The molecule has 0 amide bonds. The first-order chi connectivity index (χ1) is 7.30. The highest BCUT2D eigenvalue weighted by Crippen LogP contribution is 2.12.